The fraction of sp³-hybridized carbons (Fsp3) is 0.261. The summed E-state index contributed by atoms with van der Waals surface area (Å²) in [5, 5.41) is 0. The normalized spacial score (nSPS) is 14.9. The van der Waals surface area contributed by atoms with Gasteiger partial charge in [0.2, 0.25) is 11.6 Å². The molecule has 0 N–H and O–H groups in total. The summed E-state index contributed by atoms with van der Waals surface area (Å²) in [6.07, 6.45) is 4.87. The van der Waals surface area contributed by atoms with Crippen molar-refractivity contribution in [1.82, 2.24) is 19.5 Å². The van der Waals surface area contributed by atoms with E-state index < -0.39 is 0 Å². The van der Waals surface area contributed by atoms with Crippen LogP contribution in [0.2, 0.25) is 0 Å². The number of pyridine rings is 2. The zero-order valence-corrected chi connectivity index (χ0v) is 17.9. The third-order valence-electron chi connectivity index (χ3n) is 5.31. The molecule has 0 bridgehead atoms. The number of methoxy groups -OCH3 is 3. The monoisotopic (exact) mass is 434 g/mol. The molecule has 0 fully saturated rings. The van der Waals surface area contributed by atoms with E-state index in [1.807, 2.05) is 28.8 Å². The number of fused-ring (bicyclic) bond motifs is 2. The summed E-state index contributed by atoms with van der Waals surface area (Å²) < 4.78 is 30.2. The van der Waals surface area contributed by atoms with Crippen LogP contribution in [0.1, 0.15) is 17.2 Å². The van der Waals surface area contributed by atoms with Crippen LogP contribution in [0.25, 0.3) is 11.2 Å². The van der Waals surface area contributed by atoms with Crippen molar-refractivity contribution in [2.24, 2.45) is 0 Å². The molecule has 0 radical (unpaired) electrons. The minimum Gasteiger partial charge on any atom is -0.495 e. The van der Waals surface area contributed by atoms with Crippen molar-refractivity contribution in [3.8, 4) is 28.9 Å². The summed E-state index contributed by atoms with van der Waals surface area (Å²) in [7, 11) is 4.80. The van der Waals surface area contributed by atoms with Crippen molar-refractivity contribution in [3.05, 3.63) is 60.2 Å². The van der Waals surface area contributed by atoms with E-state index in [0.29, 0.717) is 42.0 Å². The number of nitrogens with zero attached hydrogens (tertiary/aromatic N) is 4. The van der Waals surface area contributed by atoms with E-state index in [-0.39, 0.29) is 6.10 Å². The maximum absolute atomic E-state index is 6.22. The number of hydrogen-bond donors (Lipinski definition) is 0. The summed E-state index contributed by atoms with van der Waals surface area (Å²) in [6.45, 7) is 0.914. The van der Waals surface area contributed by atoms with Crippen LogP contribution in [0.4, 0.5) is 0 Å². The second-order valence-electron chi connectivity index (χ2n) is 7.27. The quantitative estimate of drug-likeness (QED) is 0.456. The van der Waals surface area contributed by atoms with E-state index in [2.05, 4.69) is 15.0 Å². The Morgan fingerprint density at radius 1 is 1.00 bits per heavy atom. The largest absolute Gasteiger partial charge is 0.495 e. The number of rotatable bonds is 6. The molecule has 0 spiro atoms. The van der Waals surface area contributed by atoms with Crippen LogP contribution in [0.5, 0.6) is 28.9 Å². The van der Waals surface area contributed by atoms with Crippen molar-refractivity contribution in [3.63, 3.8) is 0 Å². The van der Waals surface area contributed by atoms with Gasteiger partial charge in [0.15, 0.2) is 23.3 Å². The van der Waals surface area contributed by atoms with E-state index in [1.54, 1.807) is 46.1 Å². The Bertz CT molecular complexity index is 1240. The van der Waals surface area contributed by atoms with Crippen LogP contribution in [0.15, 0.2) is 49.1 Å². The van der Waals surface area contributed by atoms with E-state index >= 15 is 0 Å². The van der Waals surface area contributed by atoms with E-state index in [4.69, 9.17) is 23.7 Å². The van der Waals surface area contributed by atoms with Crippen molar-refractivity contribution in [1.29, 1.82) is 0 Å². The van der Waals surface area contributed by atoms with Gasteiger partial charge in [0.05, 0.1) is 40.4 Å². The maximum Gasteiger partial charge on any atom is 0.212 e. The highest BCUT2D eigenvalue weighted by Crippen LogP contribution is 2.44. The number of hydrogen-bond acceptors (Lipinski definition) is 8. The molecule has 1 aliphatic rings. The Morgan fingerprint density at radius 3 is 2.66 bits per heavy atom. The molecule has 0 unspecified atom stereocenters. The van der Waals surface area contributed by atoms with Gasteiger partial charge in [0, 0.05) is 23.9 Å². The lowest BCUT2D eigenvalue weighted by atomic mass is 10.1. The zero-order valence-electron chi connectivity index (χ0n) is 17.9. The molecule has 1 atom stereocenters. The van der Waals surface area contributed by atoms with Crippen LogP contribution in [-0.2, 0) is 6.54 Å². The van der Waals surface area contributed by atoms with E-state index in [1.165, 1.54) is 0 Å². The molecule has 9 nitrogen and oxygen atoms in total. The second-order valence-corrected chi connectivity index (χ2v) is 7.27. The number of benzene rings is 1. The van der Waals surface area contributed by atoms with Crippen molar-refractivity contribution in [2.45, 2.75) is 12.6 Å². The SMILES string of the molecule is COc1cnc2c(c1)ncn2Cc1cc(OC)c2c(c1)OC[C@@H](c1ccc(OC)nc1)O2. The topological polar surface area (TPSA) is 89.8 Å². The lowest BCUT2D eigenvalue weighted by molar-refractivity contribution is 0.0867. The van der Waals surface area contributed by atoms with E-state index in [9.17, 15) is 0 Å². The standard InChI is InChI=1S/C23H22N4O5/c1-28-16-8-17-23(25-10-16)27(13-26-17)11-14-6-18(29-2)22-19(7-14)31-12-20(32-22)15-4-5-21(30-3)24-9-15/h4-10,13,20H,11-12H2,1-3H3/t20-/m0/s1. The van der Waals surface area contributed by atoms with Gasteiger partial charge in [-0.25, -0.2) is 15.0 Å². The minimum absolute atomic E-state index is 0.294. The molecule has 4 aromatic rings. The Labute approximate surface area is 184 Å². The van der Waals surface area contributed by atoms with Crippen molar-refractivity contribution in [2.75, 3.05) is 27.9 Å². The molecule has 1 aromatic carbocycles. The molecule has 0 amide bonds. The molecule has 4 heterocycles. The number of aromatic nitrogens is 4. The molecule has 3 aromatic heterocycles. The average Bonchev–Trinajstić information content (AvgIpc) is 3.25. The van der Waals surface area contributed by atoms with Crippen molar-refractivity contribution < 1.29 is 23.7 Å². The lowest BCUT2D eigenvalue weighted by Crippen LogP contribution is -2.22. The molecule has 5 rings (SSSR count). The molecule has 164 valence electrons. The third kappa shape index (κ3) is 3.62. The summed E-state index contributed by atoms with van der Waals surface area (Å²) in [4.78, 5) is 13.1. The molecule has 0 saturated heterocycles. The van der Waals surface area contributed by atoms with Gasteiger partial charge in [-0.15, -0.1) is 0 Å². The van der Waals surface area contributed by atoms with Gasteiger partial charge in [0.1, 0.15) is 17.9 Å². The van der Waals surface area contributed by atoms with Gasteiger partial charge in [0.25, 0.3) is 0 Å². The highest BCUT2D eigenvalue weighted by molar-refractivity contribution is 5.72. The Kier molecular flexibility index (Phi) is 5.14. The molecule has 9 heteroatoms. The Hall–Kier alpha value is -4.01. The Balaban J connectivity index is 1.41. The molecular weight excluding hydrogens is 412 g/mol. The summed E-state index contributed by atoms with van der Waals surface area (Å²) in [5.41, 5.74) is 3.41. The van der Waals surface area contributed by atoms with Gasteiger partial charge < -0.3 is 28.3 Å². The lowest BCUT2D eigenvalue weighted by Gasteiger charge is -2.28. The highest BCUT2D eigenvalue weighted by atomic mass is 16.6. The van der Waals surface area contributed by atoms with Crippen LogP contribution in [0, 0.1) is 0 Å². The molecule has 1 aliphatic heterocycles. The van der Waals surface area contributed by atoms with Crippen LogP contribution in [-0.4, -0.2) is 47.5 Å². The summed E-state index contributed by atoms with van der Waals surface area (Å²) >= 11 is 0. The zero-order chi connectivity index (χ0) is 22.1. The predicted molar refractivity (Wildman–Crippen MR) is 116 cm³/mol. The van der Waals surface area contributed by atoms with Gasteiger partial charge in [-0.1, -0.05) is 0 Å². The number of ether oxygens (including phenoxy) is 5. The first-order chi connectivity index (χ1) is 15.7. The molecule has 0 saturated carbocycles. The van der Waals surface area contributed by atoms with Crippen LogP contribution >= 0.6 is 0 Å². The minimum atomic E-state index is -0.294. The summed E-state index contributed by atoms with van der Waals surface area (Å²) in [5.74, 6) is 3.03. The molecule has 0 aliphatic carbocycles. The smallest absolute Gasteiger partial charge is 0.212 e. The first-order valence-electron chi connectivity index (χ1n) is 10.0. The molecule has 32 heavy (non-hydrogen) atoms. The highest BCUT2D eigenvalue weighted by Gasteiger charge is 2.27. The fourth-order valence-electron chi connectivity index (χ4n) is 3.66. The van der Waals surface area contributed by atoms with Gasteiger partial charge in [-0.05, 0) is 23.8 Å². The van der Waals surface area contributed by atoms with Crippen LogP contribution < -0.4 is 23.7 Å². The average molecular weight is 434 g/mol. The first kappa shape index (κ1) is 19.9. The first-order valence-corrected chi connectivity index (χ1v) is 10.0. The molecular formula is C23H22N4O5. The van der Waals surface area contributed by atoms with Crippen LogP contribution in [0.3, 0.4) is 0 Å². The number of imidazole rings is 1. The fourth-order valence-corrected chi connectivity index (χ4v) is 3.66. The van der Waals surface area contributed by atoms with E-state index in [0.717, 1.165) is 22.3 Å². The summed E-state index contributed by atoms with van der Waals surface area (Å²) in [6, 6.07) is 9.46. The van der Waals surface area contributed by atoms with Crippen molar-refractivity contribution >= 4 is 11.2 Å². The Morgan fingerprint density at radius 2 is 1.91 bits per heavy atom. The second kappa shape index (κ2) is 8.26. The van der Waals surface area contributed by atoms with Gasteiger partial charge in [-0.3, -0.25) is 0 Å². The van der Waals surface area contributed by atoms with Gasteiger partial charge in [-0.2, -0.15) is 0 Å². The third-order valence-corrected chi connectivity index (χ3v) is 5.31. The van der Waals surface area contributed by atoms with Gasteiger partial charge >= 0.3 is 0 Å². The maximum atomic E-state index is 6.22. The predicted octanol–water partition coefficient (Wildman–Crippen LogP) is 3.41.